The van der Waals surface area contributed by atoms with Crippen molar-refractivity contribution in [2.75, 3.05) is 7.11 Å². The number of hydrogen-bond donors (Lipinski definition) is 0. The van der Waals surface area contributed by atoms with Gasteiger partial charge in [-0.1, -0.05) is 26.0 Å². The molecule has 0 saturated carbocycles. The molecular weight excluding hydrogens is 344 g/mol. The fraction of sp³-hybridized carbons (Fsp3) is 0.421. The van der Waals surface area contributed by atoms with E-state index in [1.807, 2.05) is 45.0 Å². The lowest BCUT2D eigenvalue weighted by atomic mass is 10.1. The Labute approximate surface area is 158 Å². The molecule has 0 fully saturated rings. The molecule has 0 atom stereocenters. The topological polar surface area (TPSA) is 91.8 Å². The molecule has 0 aliphatic carbocycles. The highest BCUT2D eigenvalue weighted by atomic mass is 16.5. The maximum Gasteiger partial charge on any atom is 0.219 e. The first kappa shape index (κ1) is 18.8. The fourth-order valence-corrected chi connectivity index (χ4v) is 2.51. The summed E-state index contributed by atoms with van der Waals surface area (Å²) < 4.78 is 11.1. The Balaban J connectivity index is 1.70. The summed E-state index contributed by atoms with van der Waals surface area (Å²) in [4.78, 5) is 1.56. The zero-order chi connectivity index (χ0) is 19.2. The van der Waals surface area contributed by atoms with Crippen molar-refractivity contribution in [1.29, 1.82) is 0 Å². The third-order valence-corrected chi connectivity index (χ3v) is 4.02. The van der Waals surface area contributed by atoms with Gasteiger partial charge in [0.05, 0.1) is 13.7 Å². The van der Waals surface area contributed by atoms with Crippen molar-refractivity contribution < 1.29 is 9.15 Å². The van der Waals surface area contributed by atoms with Crippen LogP contribution in [0.5, 0.6) is 5.75 Å². The summed E-state index contributed by atoms with van der Waals surface area (Å²) in [5.74, 6) is 2.97. The molecule has 2 heterocycles. The first-order chi connectivity index (χ1) is 13.1. The molecule has 8 heteroatoms. The van der Waals surface area contributed by atoms with E-state index in [0.717, 1.165) is 23.3 Å². The summed E-state index contributed by atoms with van der Waals surface area (Å²) in [7, 11) is 1.66. The highest BCUT2D eigenvalue weighted by Crippen LogP contribution is 2.26. The predicted molar refractivity (Wildman–Crippen MR) is 101 cm³/mol. The van der Waals surface area contributed by atoms with Crippen molar-refractivity contribution in [3.8, 4) is 17.1 Å². The van der Waals surface area contributed by atoms with E-state index in [4.69, 9.17) is 9.15 Å². The lowest BCUT2D eigenvalue weighted by Crippen LogP contribution is -1.98. The van der Waals surface area contributed by atoms with Crippen LogP contribution in [0.15, 0.2) is 28.7 Å². The number of tetrazole rings is 1. The summed E-state index contributed by atoms with van der Waals surface area (Å²) in [5, 5.41) is 20.6. The number of aryl methyl sites for hydroxylation is 2. The number of methoxy groups -OCH3 is 1. The van der Waals surface area contributed by atoms with Crippen LogP contribution in [-0.2, 0) is 13.0 Å². The van der Waals surface area contributed by atoms with Crippen LogP contribution in [0.3, 0.4) is 0 Å². The van der Waals surface area contributed by atoms with E-state index in [9.17, 15) is 0 Å². The standard InChI is InChI=1S/C19H24N6O2/c1-5-25-23-18(21-24-25)15-10-11-16(26-4)14(12-15)8-6-7-9-17-20-22-19(27-17)13(2)3/h6,8,10-13H,5,7,9H2,1-4H3/b8-6+. The molecule has 0 unspecified atom stereocenters. The molecule has 2 aromatic heterocycles. The minimum atomic E-state index is 0.244. The van der Waals surface area contributed by atoms with Crippen LogP contribution < -0.4 is 4.74 Å². The van der Waals surface area contributed by atoms with E-state index in [2.05, 4.69) is 31.7 Å². The third-order valence-electron chi connectivity index (χ3n) is 4.02. The zero-order valence-electron chi connectivity index (χ0n) is 16.1. The normalized spacial score (nSPS) is 11.6. The predicted octanol–water partition coefficient (Wildman–Crippen LogP) is 3.52. The second-order valence-corrected chi connectivity index (χ2v) is 6.39. The first-order valence-electron chi connectivity index (χ1n) is 9.05. The minimum Gasteiger partial charge on any atom is -0.496 e. The van der Waals surface area contributed by atoms with E-state index in [1.165, 1.54) is 0 Å². The zero-order valence-corrected chi connectivity index (χ0v) is 16.1. The van der Waals surface area contributed by atoms with Gasteiger partial charge >= 0.3 is 0 Å². The lowest BCUT2D eigenvalue weighted by Gasteiger charge is -2.06. The van der Waals surface area contributed by atoms with E-state index < -0.39 is 0 Å². The molecule has 0 bridgehead atoms. The van der Waals surface area contributed by atoms with Crippen LogP contribution in [0, 0.1) is 0 Å². The molecule has 3 aromatic rings. The van der Waals surface area contributed by atoms with Gasteiger partial charge in [0.25, 0.3) is 0 Å². The molecule has 1 aromatic carbocycles. The number of rotatable bonds is 8. The van der Waals surface area contributed by atoms with E-state index in [0.29, 0.717) is 30.6 Å². The average molecular weight is 368 g/mol. The quantitative estimate of drug-likeness (QED) is 0.600. The van der Waals surface area contributed by atoms with Crippen LogP contribution >= 0.6 is 0 Å². The van der Waals surface area contributed by atoms with Crippen LogP contribution in [0.2, 0.25) is 0 Å². The molecule has 0 saturated heterocycles. The largest absolute Gasteiger partial charge is 0.496 e. The Morgan fingerprint density at radius 1 is 1.22 bits per heavy atom. The number of hydrogen-bond acceptors (Lipinski definition) is 7. The molecule has 3 rings (SSSR count). The molecule has 0 radical (unpaired) electrons. The molecule has 0 spiro atoms. The van der Waals surface area contributed by atoms with Gasteiger partial charge in [-0.25, -0.2) is 0 Å². The minimum absolute atomic E-state index is 0.244. The maximum absolute atomic E-state index is 5.63. The van der Waals surface area contributed by atoms with Crippen LogP contribution in [0.1, 0.15) is 50.5 Å². The maximum atomic E-state index is 5.63. The molecular formula is C19H24N6O2. The Bertz CT molecular complexity index is 913. The number of allylic oxidation sites excluding steroid dienone is 1. The highest BCUT2D eigenvalue weighted by molar-refractivity contribution is 5.66. The van der Waals surface area contributed by atoms with Gasteiger partial charge in [-0.3, -0.25) is 0 Å². The fourth-order valence-electron chi connectivity index (χ4n) is 2.51. The third kappa shape index (κ3) is 4.58. The Morgan fingerprint density at radius 2 is 2.07 bits per heavy atom. The van der Waals surface area contributed by atoms with Gasteiger partial charge in [0, 0.05) is 23.5 Å². The summed E-state index contributed by atoms with van der Waals surface area (Å²) in [6, 6.07) is 5.84. The first-order valence-corrected chi connectivity index (χ1v) is 9.05. The summed E-state index contributed by atoms with van der Waals surface area (Å²) in [5.41, 5.74) is 1.85. The smallest absolute Gasteiger partial charge is 0.219 e. The summed E-state index contributed by atoms with van der Waals surface area (Å²) in [6.45, 7) is 6.72. The van der Waals surface area contributed by atoms with Crippen molar-refractivity contribution in [3.05, 3.63) is 41.6 Å². The van der Waals surface area contributed by atoms with E-state index >= 15 is 0 Å². The van der Waals surface area contributed by atoms with Crippen LogP contribution in [0.4, 0.5) is 0 Å². The molecule has 8 nitrogen and oxygen atoms in total. The number of aromatic nitrogens is 6. The van der Waals surface area contributed by atoms with Gasteiger partial charge in [0.2, 0.25) is 17.6 Å². The van der Waals surface area contributed by atoms with Crippen molar-refractivity contribution in [1.82, 2.24) is 30.4 Å². The number of ether oxygens (including phenoxy) is 1. The van der Waals surface area contributed by atoms with E-state index in [1.54, 1.807) is 11.9 Å². The monoisotopic (exact) mass is 368 g/mol. The highest BCUT2D eigenvalue weighted by Gasteiger charge is 2.10. The SMILES string of the molecule is CCn1nnc(-c2ccc(OC)c(/C=C/CCc3nnc(C(C)C)o3)c2)n1. The van der Waals surface area contributed by atoms with Crippen molar-refractivity contribution >= 4 is 6.08 Å². The van der Waals surface area contributed by atoms with Crippen molar-refractivity contribution in [2.24, 2.45) is 0 Å². The van der Waals surface area contributed by atoms with Gasteiger partial charge in [-0.15, -0.1) is 20.4 Å². The Kier molecular flexibility index (Phi) is 5.95. The van der Waals surface area contributed by atoms with Gasteiger partial charge in [-0.05, 0) is 36.8 Å². The summed E-state index contributed by atoms with van der Waals surface area (Å²) >= 11 is 0. The van der Waals surface area contributed by atoms with Gasteiger partial charge in [-0.2, -0.15) is 4.80 Å². The molecule has 0 N–H and O–H groups in total. The Hall–Kier alpha value is -3.03. The van der Waals surface area contributed by atoms with Crippen LogP contribution in [0.25, 0.3) is 17.5 Å². The molecule has 0 amide bonds. The lowest BCUT2D eigenvalue weighted by molar-refractivity contribution is 0.414. The molecule has 142 valence electrons. The second kappa shape index (κ2) is 8.57. The summed E-state index contributed by atoms with van der Waals surface area (Å²) in [6.07, 6.45) is 5.57. The average Bonchev–Trinajstić information content (AvgIpc) is 3.34. The number of nitrogens with zero attached hydrogens (tertiary/aromatic N) is 6. The van der Waals surface area contributed by atoms with Gasteiger partial charge < -0.3 is 9.15 Å². The van der Waals surface area contributed by atoms with Crippen LogP contribution in [-0.4, -0.2) is 37.5 Å². The van der Waals surface area contributed by atoms with Gasteiger partial charge in [0.1, 0.15) is 5.75 Å². The second-order valence-electron chi connectivity index (χ2n) is 6.39. The molecule has 27 heavy (non-hydrogen) atoms. The molecule has 0 aliphatic rings. The van der Waals surface area contributed by atoms with Gasteiger partial charge in [0.15, 0.2) is 0 Å². The number of benzene rings is 1. The Morgan fingerprint density at radius 3 is 2.74 bits per heavy atom. The van der Waals surface area contributed by atoms with Crippen molar-refractivity contribution in [3.63, 3.8) is 0 Å². The van der Waals surface area contributed by atoms with E-state index in [-0.39, 0.29) is 5.92 Å². The molecule has 0 aliphatic heterocycles. The van der Waals surface area contributed by atoms with Crippen molar-refractivity contribution in [2.45, 2.75) is 46.1 Å².